The van der Waals surface area contributed by atoms with Crippen LogP contribution in [0.5, 0.6) is 0 Å². The third-order valence-corrected chi connectivity index (χ3v) is 4.20. The predicted molar refractivity (Wildman–Crippen MR) is 76.9 cm³/mol. The molecule has 1 aromatic heterocycles. The molecular weight excluding hydrogens is 220 g/mol. The number of nitrogens with two attached hydrogens (primary N) is 1. The van der Waals surface area contributed by atoms with Gasteiger partial charge in [0, 0.05) is 22.6 Å². The summed E-state index contributed by atoms with van der Waals surface area (Å²) in [5.41, 5.74) is 13.0. The van der Waals surface area contributed by atoms with Crippen molar-refractivity contribution in [3.05, 3.63) is 34.5 Å². The highest BCUT2D eigenvalue weighted by Gasteiger charge is 2.15. The van der Waals surface area contributed by atoms with E-state index in [4.69, 9.17) is 5.73 Å². The van der Waals surface area contributed by atoms with Gasteiger partial charge in [0.15, 0.2) is 0 Å². The summed E-state index contributed by atoms with van der Waals surface area (Å²) in [6.07, 6.45) is 6.49. The topological polar surface area (TPSA) is 41.8 Å². The van der Waals surface area contributed by atoms with Crippen molar-refractivity contribution in [2.24, 2.45) is 5.73 Å². The number of aromatic amines is 1. The summed E-state index contributed by atoms with van der Waals surface area (Å²) in [6, 6.07) is 4.84. The van der Waals surface area contributed by atoms with Crippen molar-refractivity contribution in [3.8, 4) is 0 Å². The highest BCUT2D eigenvalue weighted by molar-refractivity contribution is 5.86. The first kappa shape index (κ1) is 11.8. The minimum Gasteiger partial charge on any atom is -0.358 e. The monoisotopic (exact) mass is 242 g/mol. The molecule has 0 amide bonds. The molecule has 1 aromatic carbocycles. The second-order valence-electron chi connectivity index (χ2n) is 5.68. The minimum absolute atomic E-state index is 0.0996. The van der Waals surface area contributed by atoms with Gasteiger partial charge in [0.05, 0.1) is 0 Å². The third-order valence-electron chi connectivity index (χ3n) is 4.20. The fourth-order valence-corrected chi connectivity index (χ4v) is 3.35. The molecule has 0 spiro atoms. The lowest BCUT2D eigenvalue weighted by Gasteiger charge is -2.09. The van der Waals surface area contributed by atoms with Gasteiger partial charge >= 0.3 is 0 Å². The Kier molecular flexibility index (Phi) is 2.90. The Morgan fingerprint density at radius 2 is 1.78 bits per heavy atom. The number of benzene rings is 1. The van der Waals surface area contributed by atoms with Crippen molar-refractivity contribution >= 4 is 10.9 Å². The molecule has 0 bridgehead atoms. The van der Waals surface area contributed by atoms with Crippen molar-refractivity contribution in [1.29, 1.82) is 0 Å². The van der Waals surface area contributed by atoms with Gasteiger partial charge in [0.2, 0.25) is 0 Å². The molecule has 1 atom stereocenters. The number of hydrogen-bond acceptors (Lipinski definition) is 1. The van der Waals surface area contributed by atoms with Gasteiger partial charge in [-0.3, -0.25) is 0 Å². The Morgan fingerprint density at radius 1 is 1.11 bits per heavy atom. The molecule has 3 N–H and O–H groups in total. The Balaban J connectivity index is 2.22. The fraction of sp³-hybridized carbons (Fsp3) is 0.500. The number of hydrogen-bond donors (Lipinski definition) is 2. The molecule has 0 saturated heterocycles. The van der Waals surface area contributed by atoms with Gasteiger partial charge in [-0.25, -0.2) is 0 Å². The maximum absolute atomic E-state index is 6.11. The molecule has 3 rings (SSSR count). The van der Waals surface area contributed by atoms with E-state index in [-0.39, 0.29) is 6.04 Å². The van der Waals surface area contributed by atoms with E-state index in [0.717, 1.165) is 0 Å². The van der Waals surface area contributed by atoms with Crippen LogP contribution in [0.2, 0.25) is 0 Å². The standard InChI is InChI=1S/C16H22N2/c1-10(17)16-11(2)18-15-9-13-7-5-3-4-6-12(13)8-14(15)16/h8-10,18H,3-7,17H2,1-2H3. The van der Waals surface area contributed by atoms with Gasteiger partial charge in [-0.1, -0.05) is 6.42 Å². The largest absolute Gasteiger partial charge is 0.358 e. The predicted octanol–water partition coefficient (Wildman–Crippen LogP) is 3.76. The molecule has 18 heavy (non-hydrogen) atoms. The third kappa shape index (κ3) is 1.85. The molecule has 0 saturated carbocycles. The van der Waals surface area contributed by atoms with Gasteiger partial charge in [-0.2, -0.15) is 0 Å². The molecule has 2 heteroatoms. The van der Waals surface area contributed by atoms with Crippen molar-refractivity contribution < 1.29 is 0 Å². The molecular formula is C16H22N2. The van der Waals surface area contributed by atoms with Gasteiger partial charge in [-0.05, 0) is 68.4 Å². The van der Waals surface area contributed by atoms with Crippen LogP contribution < -0.4 is 5.73 Å². The molecule has 2 aromatic rings. The van der Waals surface area contributed by atoms with Crippen LogP contribution in [0.15, 0.2) is 12.1 Å². The average Bonchev–Trinajstić information content (AvgIpc) is 2.49. The Morgan fingerprint density at radius 3 is 2.44 bits per heavy atom. The first-order valence-electron chi connectivity index (χ1n) is 7.06. The first-order valence-corrected chi connectivity index (χ1v) is 7.06. The molecule has 1 unspecified atom stereocenters. The first-order chi connectivity index (χ1) is 8.66. The summed E-state index contributed by atoms with van der Waals surface area (Å²) >= 11 is 0. The van der Waals surface area contributed by atoms with Crippen molar-refractivity contribution in [1.82, 2.24) is 4.98 Å². The fourth-order valence-electron chi connectivity index (χ4n) is 3.35. The van der Waals surface area contributed by atoms with Gasteiger partial charge in [0.25, 0.3) is 0 Å². The molecule has 0 aliphatic heterocycles. The van der Waals surface area contributed by atoms with E-state index in [0.29, 0.717) is 0 Å². The molecule has 1 aliphatic carbocycles. The summed E-state index contributed by atoms with van der Waals surface area (Å²) in [5.74, 6) is 0. The van der Waals surface area contributed by atoms with E-state index < -0.39 is 0 Å². The van der Waals surface area contributed by atoms with Crippen molar-refractivity contribution in [2.45, 2.75) is 52.0 Å². The van der Waals surface area contributed by atoms with Crippen LogP contribution in [0.1, 0.15) is 54.6 Å². The highest BCUT2D eigenvalue weighted by atomic mass is 14.7. The summed E-state index contributed by atoms with van der Waals surface area (Å²) in [7, 11) is 0. The lowest BCUT2D eigenvalue weighted by atomic mass is 9.97. The number of rotatable bonds is 1. The Bertz CT molecular complexity index is 578. The van der Waals surface area contributed by atoms with E-state index in [1.165, 1.54) is 59.8 Å². The zero-order valence-corrected chi connectivity index (χ0v) is 11.3. The summed E-state index contributed by atoms with van der Waals surface area (Å²) in [6.45, 7) is 4.20. The normalized spacial score (nSPS) is 17.5. The smallest absolute Gasteiger partial charge is 0.0462 e. The van der Waals surface area contributed by atoms with Crippen LogP contribution in [0, 0.1) is 6.92 Å². The summed E-state index contributed by atoms with van der Waals surface area (Å²) in [4.78, 5) is 3.50. The van der Waals surface area contributed by atoms with E-state index in [1.54, 1.807) is 5.56 Å². The van der Waals surface area contributed by atoms with Gasteiger partial charge in [-0.15, -0.1) is 0 Å². The Labute approximate surface area is 109 Å². The minimum atomic E-state index is 0.0996. The van der Waals surface area contributed by atoms with E-state index in [2.05, 4.69) is 31.0 Å². The van der Waals surface area contributed by atoms with E-state index >= 15 is 0 Å². The van der Waals surface area contributed by atoms with E-state index in [1.807, 2.05) is 0 Å². The van der Waals surface area contributed by atoms with Crippen LogP contribution >= 0.6 is 0 Å². The maximum atomic E-state index is 6.11. The lowest BCUT2D eigenvalue weighted by Crippen LogP contribution is -2.05. The number of fused-ring (bicyclic) bond motifs is 2. The number of nitrogens with one attached hydrogen (secondary N) is 1. The second kappa shape index (κ2) is 4.43. The average molecular weight is 242 g/mol. The molecule has 0 fully saturated rings. The van der Waals surface area contributed by atoms with Gasteiger partial charge in [0.1, 0.15) is 0 Å². The van der Waals surface area contributed by atoms with Crippen LogP contribution in [-0.2, 0) is 12.8 Å². The number of aromatic nitrogens is 1. The van der Waals surface area contributed by atoms with Crippen LogP contribution in [0.25, 0.3) is 10.9 Å². The Hall–Kier alpha value is -1.28. The SMILES string of the molecule is Cc1[nH]c2cc3c(cc2c1C(C)N)CCCCC3. The van der Waals surface area contributed by atoms with E-state index in [9.17, 15) is 0 Å². The maximum Gasteiger partial charge on any atom is 0.0462 e. The molecule has 1 heterocycles. The highest BCUT2D eigenvalue weighted by Crippen LogP contribution is 2.31. The van der Waals surface area contributed by atoms with Crippen molar-refractivity contribution in [2.75, 3.05) is 0 Å². The zero-order valence-electron chi connectivity index (χ0n) is 11.3. The second-order valence-corrected chi connectivity index (χ2v) is 5.68. The molecule has 0 radical (unpaired) electrons. The summed E-state index contributed by atoms with van der Waals surface area (Å²) < 4.78 is 0. The quantitative estimate of drug-likeness (QED) is 0.734. The molecule has 2 nitrogen and oxygen atoms in total. The molecule has 1 aliphatic rings. The van der Waals surface area contributed by atoms with Crippen LogP contribution in [0.3, 0.4) is 0 Å². The zero-order chi connectivity index (χ0) is 12.7. The summed E-state index contributed by atoms with van der Waals surface area (Å²) in [5, 5.41) is 1.34. The number of H-pyrrole nitrogens is 1. The van der Waals surface area contributed by atoms with Crippen LogP contribution in [0.4, 0.5) is 0 Å². The lowest BCUT2D eigenvalue weighted by molar-refractivity contribution is 0.711. The molecule has 96 valence electrons. The van der Waals surface area contributed by atoms with Gasteiger partial charge < -0.3 is 10.7 Å². The van der Waals surface area contributed by atoms with Crippen LogP contribution in [-0.4, -0.2) is 4.98 Å². The van der Waals surface area contributed by atoms with Crippen molar-refractivity contribution in [3.63, 3.8) is 0 Å². The number of aryl methyl sites for hydroxylation is 3.